The summed E-state index contributed by atoms with van der Waals surface area (Å²) in [6.07, 6.45) is 3.25. The molecule has 1 N–H and O–H groups in total. The van der Waals surface area contributed by atoms with Gasteiger partial charge in [-0.05, 0) is 42.7 Å². The molecule has 2 aromatic rings. The second-order valence-corrected chi connectivity index (χ2v) is 9.42. The molecular formula is C21H24FNO4S. The number of amides is 1. The van der Waals surface area contributed by atoms with Gasteiger partial charge in [0.25, 0.3) is 0 Å². The molecule has 0 spiro atoms. The minimum absolute atomic E-state index is 0.0561. The lowest BCUT2D eigenvalue weighted by Crippen LogP contribution is -2.24. The molecule has 7 heteroatoms. The summed E-state index contributed by atoms with van der Waals surface area (Å²) in [7, 11) is -3.21. The van der Waals surface area contributed by atoms with Crippen LogP contribution in [0.5, 0.6) is 5.75 Å². The predicted molar refractivity (Wildman–Crippen MR) is 106 cm³/mol. The topological polar surface area (TPSA) is 72.5 Å². The van der Waals surface area contributed by atoms with Crippen molar-refractivity contribution in [1.82, 2.24) is 0 Å². The number of benzene rings is 2. The van der Waals surface area contributed by atoms with Crippen LogP contribution in [0.2, 0.25) is 0 Å². The van der Waals surface area contributed by atoms with E-state index in [-0.39, 0.29) is 35.8 Å². The zero-order chi connectivity index (χ0) is 20.0. The normalized spacial score (nSPS) is 14.8. The van der Waals surface area contributed by atoms with E-state index >= 15 is 0 Å². The van der Waals surface area contributed by atoms with Gasteiger partial charge in [0.15, 0.2) is 9.84 Å². The fraction of sp³-hybridized carbons (Fsp3) is 0.381. The molecule has 1 fully saturated rings. The van der Waals surface area contributed by atoms with E-state index < -0.39 is 9.84 Å². The summed E-state index contributed by atoms with van der Waals surface area (Å²) >= 11 is 0. The van der Waals surface area contributed by atoms with Crippen LogP contribution in [0.4, 0.5) is 10.1 Å². The third-order valence-corrected chi connectivity index (χ3v) is 7.12. The molecular weight excluding hydrogens is 381 g/mol. The zero-order valence-corrected chi connectivity index (χ0v) is 16.4. The number of anilines is 1. The zero-order valence-electron chi connectivity index (χ0n) is 15.6. The van der Waals surface area contributed by atoms with Gasteiger partial charge in [-0.1, -0.05) is 31.0 Å². The maximum atomic E-state index is 12.9. The van der Waals surface area contributed by atoms with Gasteiger partial charge in [0.2, 0.25) is 5.91 Å². The van der Waals surface area contributed by atoms with Crippen molar-refractivity contribution in [2.45, 2.75) is 44.0 Å². The maximum absolute atomic E-state index is 12.9. The van der Waals surface area contributed by atoms with Gasteiger partial charge >= 0.3 is 0 Å². The minimum atomic E-state index is -3.21. The van der Waals surface area contributed by atoms with Crippen LogP contribution in [-0.2, 0) is 21.2 Å². The number of nitrogens with one attached hydrogen (secondary N) is 1. The van der Waals surface area contributed by atoms with E-state index in [1.807, 2.05) is 0 Å². The average Bonchev–Trinajstić information content (AvgIpc) is 3.22. The van der Waals surface area contributed by atoms with Crippen molar-refractivity contribution in [2.24, 2.45) is 0 Å². The number of sulfone groups is 1. The third kappa shape index (κ3) is 5.79. The summed E-state index contributed by atoms with van der Waals surface area (Å²) in [6, 6.07) is 12.9. The van der Waals surface area contributed by atoms with Crippen LogP contribution in [0.1, 0.15) is 37.7 Å². The molecule has 0 saturated heterocycles. The lowest BCUT2D eigenvalue weighted by atomic mass is 10.2. The minimum Gasteiger partial charge on any atom is -0.489 e. The van der Waals surface area contributed by atoms with Crippen LogP contribution in [0.15, 0.2) is 48.5 Å². The molecule has 0 bridgehead atoms. The number of carbonyl (C=O) groups is 1. The standard InChI is InChI=1S/C21H24FNO4S/c22-17-10-8-16(9-11-17)15-27-19-5-3-4-18(14-19)23-21(24)12-13-28(25,26)20-6-1-2-7-20/h3-5,8-11,14,20H,1-2,6-7,12-13,15H2,(H,23,24). The van der Waals surface area contributed by atoms with Gasteiger partial charge in [0, 0.05) is 18.2 Å². The molecule has 0 unspecified atom stereocenters. The number of ether oxygens (including phenoxy) is 1. The van der Waals surface area contributed by atoms with Gasteiger partial charge in [0.1, 0.15) is 18.2 Å². The summed E-state index contributed by atoms with van der Waals surface area (Å²) < 4.78 is 43.1. The monoisotopic (exact) mass is 405 g/mol. The second-order valence-electron chi connectivity index (χ2n) is 7.01. The molecule has 3 rings (SSSR count). The molecule has 28 heavy (non-hydrogen) atoms. The molecule has 150 valence electrons. The second kappa shape index (κ2) is 9.19. The van der Waals surface area contributed by atoms with Gasteiger partial charge in [-0.3, -0.25) is 4.79 Å². The first-order chi connectivity index (χ1) is 13.4. The molecule has 0 radical (unpaired) electrons. The number of hydrogen-bond acceptors (Lipinski definition) is 4. The first kappa shape index (κ1) is 20.3. The number of hydrogen-bond donors (Lipinski definition) is 1. The third-order valence-electron chi connectivity index (χ3n) is 4.86. The Balaban J connectivity index is 1.50. The van der Waals surface area contributed by atoms with Crippen LogP contribution in [0.3, 0.4) is 0 Å². The fourth-order valence-electron chi connectivity index (χ4n) is 3.28. The summed E-state index contributed by atoms with van der Waals surface area (Å²) in [4.78, 5) is 12.1. The van der Waals surface area contributed by atoms with Crippen molar-refractivity contribution in [3.8, 4) is 5.75 Å². The van der Waals surface area contributed by atoms with Crippen LogP contribution >= 0.6 is 0 Å². The van der Waals surface area contributed by atoms with Crippen LogP contribution in [0, 0.1) is 5.82 Å². The highest BCUT2D eigenvalue weighted by Gasteiger charge is 2.28. The van der Waals surface area contributed by atoms with Crippen molar-refractivity contribution in [3.05, 3.63) is 59.9 Å². The van der Waals surface area contributed by atoms with E-state index in [0.29, 0.717) is 24.3 Å². The van der Waals surface area contributed by atoms with E-state index in [2.05, 4.69) is 5.32 Å². The highest BCUT2D eigenvalue weighted by Crippen LogP contribution is 2.25. The first-order valence-electron chi connectivity index (χ1n) is 9.41. The molecule has 1 aliphatic rings. The Morgan fingerprint density at radius 1 is 1.11 bits per heavy atom. The molecule has 5 nitrogen and oxygen atoms in total. The van der Waals surface area contributed by atoms with E-state index in [4.69, 9.17) is 4.74 Å². The van der Waals surface area contributed by atoms with Crippen molar-refractivity contribution < 1.29 is 22.3 Å². The first-order valence-corrected chi connectivity index (χ1v) is 11.1. The highest BCUT2D eigenvalue weighted by atomic mass is 32.2. The van der Waals surface area contributed by atoms with E-state index in [1.165, 1.54) is 12.1 Å². The van der Waals surface area contributed by atoms with Gasteiger partial charge in [-0.2, -0.15) is 0 Å². The summed E-state index contributed by atoms with van der Waals surface area (Å²) in [6.45, 7) is 0.275. The molecule has 1 saturated carbocycles. The van der Waals surface area contributed by atoms with Crippen LogP contribution in [-0.4, -0.2) is 25.3 Å². The van der Waals surface area contributed by atoms with Crippen molar-refractivity contribution in [3.63, 3.8) is 0 Å². The fourth-order valence-corrected chi connectivity index (χ4v) is 5.14. The summed E-state index contributed by atoms with van der Waals surface area (Å²) in [5.41, 5.74) is 1.37. The average molecular weight is 405 g/mol. The summed E-state index contributed by atoms with van der Waals surface area (Å²) in [5, 5.41) is 2.43. The van der Waals surface area contributed by atoms with Crippen molar-refractivity contribution >= 4 is 21.4 Å². The number of halogens is 1. The molecule has 0 aromatic heterocycles. The molecule has 0 heterocycles. The van der Waals surface area contributed by atoms with Crippen molar-refractivity contribution in [2.75, 3.05) is 11.1 Å². The SMILES string of the molecule is O=C(CCS(=O)(=O)C1CCCC1)Nc1cccc(OCc2ccc(F)cc2)c1. The Kier molecular flexibility index (Phi) is 6.67. The van der Waals surface area contributed by atoms with E-state index in [0.717, 1.165) is 18.4 Å². The molecule has 1 amide bonds. The smallest absolute Gasteiger partial charge is 0.225 e. The largest absolute Gasteiger partial charge is 0.489 e. The Labute approximate surface area is 164 Å². The Hall–Kier alpha value is -2.41. The van der Waals surface area contributed by atoms with E-state index in [1.54, 1.807) is 36.4 Å². The molecule has 0 aliphatic heterocycles. The van der Waals surface area contributed by atoms with Crippen LogP contribution in [0.25, 0.3) is 0 Å². The Morgan fingerprint density at radius 2 is 1.82 bits per heavy atom. The maximum Gasteiger partial charge on any atom is 0.225 e. The lowest BCUT2D eigenvalue weighted by molar-refractivity contribution is -0.115. The Morgan fingerprint density at radius 3 is 2.54 bits per heavy atom. The lowest BCUT2D eigenvalue weighted by Gasteiger charge is -2.12. The highest BCUT2D eigenvalue weighted by molar-refractivity contribution is 7.92. The van der Waals surface area contributed by atoms with Gasteiger partial charge in [0.05, 0.1) is 11.0 Å². The van der Waals surface area contributed by atoms with Gasteiger partial charge < -0.3 is 10.1 Å². The Bertz CT molecular complexity index is 906. The number of rotatable bonds is 8. The molecule has 0 atom stereocenters. The van der Waals surface area contributed by atoms with E-state index in [9.17, 15) is 17.6 Å². The van der Waals surface area contributed by atoms with Gasteiger partial charge in [-0.15, -0.1) is 0 Å². The van der Waals surface area contributed by atoms with Gasteiger partial charge in [-0.25, -0.2) is 12.8 Å². The quantitative estimate of drug-likeness (QED) is 0.718. The van der Waals surface area contributed by atoms with Crippen LogP contribution < -0.4 is 10.1 Å². The predicted octanol–water partition coefficient (Wildman–Crippen LogP) is 4.09. The molecule has 2 aromatic carbocycles. The number of carbonyl (C=O) groups excluding carboxylic acids is 1. The summed E-state index contributed by atoms with van der Waals surface area (Å²) in [5.74, 6) is -0.203. The van der Waals surface area contributed by atoms with Crippen molar-refractivity contribution in [1.29, 1.82) is 0 Å². The molecule has 1 aliphatic carbocycles.